The van der Waals surface area contributed by atoms with Crippen molar-refractivity contribution in [2.45, 2.75) is 37.8 Å². The molecule has 1 atom stereocenters. The summed E-state index contributed by atoms with van der Waals surface area (Å²) in [7, 11) is -4.19. The molecule has 0 saturated heterocycles. The Labute approximate surface area is 283 Å². The van der Waals surface area contributed by atoms with Crippen LogP contribution in [0.3, 0.4) is 0 Å². The minimum atomic E-state index is -4.19. The van der Waals surface area contributed by atoms with Crippen LogP contribution >= 0.6 is 39.1 Å². The lowest BCUT2D eigenvalue weighted by Gasteiger charge is -2.34. The number of carbonyl (C=O) groups is 2. The Kier molecular flexibility index (Phi) is 12.1. The lowest BCUT2D eigenvalue weighted by atomic mass is 10.0. The van der Waals surface area contributed by atoms with Gasteiger partial charge in [-0.15, -0.1) is 0 Å². The predicted molar refractivity (Wildman–Crippen MR) is 184 cm³/mol. The van der Waals surface area contributed by atoms with E-state index in [1.807, 2.05) is 44.2 Å². The molecule has 4 aromatic rings. The number of sulfonamides is 1. The molecule has 4 rings (SSSR count). The zero-order valence-corrected chi connectivity index (χ0v) is 28.8. The third-order valence-corrected chi connectivity index (χ3v) is 10.1. The van der Waals surface area contributed by atoms with Gasteiger partial charge < -0.3 is 10.2 Å². The van der Waals surface area contributed by atoms with Crippen molar-refractivity contribution in [3.8, 4) is 0 Å². The SMILES string of the molecule is CC(C)CNC(=O)[C@H](Cc1ccccc1)N(Cc1c(Cl)cccc1Cl)C(=O)CN(c1ccc(Br)cc1)S(=O)(=O)c1ccccc1. The molecule has 0 radical (unpaired) electrons. The van der Waals surface area contributed by atoms with Gasteiger partial charge in [-0.25, -0.2) is 8.42 Å². The second-order valence-electron chi connectivity index (χ2n) is 10.9. The number of halogens is 3. The largest absolute Gasteiger partial charge is 0.354 e. The van der Waals surface area contributed by atoms with Gasteiger partial charge in [0, 0.05) is 39.6 Å². The average Bonchev–Trinajstić information content (AvgIpc) is 3.03. The molecule has 0 unspecified atom stereocenters. The van der Waals surface area contributed by atoms with Gasteiger partial charge in [0.15, 0.2) is 0 Å². The van der Waals surface area contributed by atoms with Gasteiger partial charge in [0.05, 0.1) is 10.6 Å². The average molecular weight is 732 g/mol. The van der Waals surface area contributed by atoms with Crippen LogP contribution in [-0.4, -0.2) is 44.3 Å². The van der Waals surface area contributed by atoms with Crippen molar-refractivity contribution in [2.75, 3.05) is 17.4 Å². The summed E-state index contributed by atoms with van der Waals surface area (Å²) in [5.41, 5.74) is 1.56. The number of anilines is 1. The molecule has 0 spiro atoms. The molecule has 0 aliphatic heterocycles. The fourth-order valence-corrected chi connectivity index (χ4v) is 6.90. The van der Waals surface area contributed by atoms with Gasteiger partial charge in [-0.2, -0.15) is 0 Å². The van der Waals surface area contributed by atoms with Crippen LogP contribution in [0.2, 0.25) is 10.0 Å². The minimum absolute atomic E-state index is 0.0249. The van der Waals surface area contributed by atoms with Gasteiger partial charge in [0.25, 0.3) is 10.0 Å². The zero-order chi connectivity index (χ0) is 32.6. The number of nitrogens with zero attached hydrogens (tertiary/aromatic N) is 2. The molecule has 236 valence electrons. The number of hydrogen-bond donors (Lipinski definition) is 1. The highest BCUT2D eigenvalue weighted by Crippen LogP contribution is 2.29. The molecule has 7 nitrogen and oxygen atoms in total. The molecule has 0 aliphatic rings. The Morgan fingerprint density at radius 2 is 1.40 bits per heavy atom. The Morgan fingerprint density at radius 1 is 0.822 bits per heavy atom. The van der Waals surface area contributed by atoms with Crippen LogP contribution in [0, 0.1) is 5.92 Å². The molecule has 2 amide bonds. The molecule has 0 aromatic heterocycles. The van der Waals surface area contributed by atoms with Crippen LogP contribution in [0.25, 0.3) is 0 Å². The minimum Gasteiger partial charge on any atom is -0.354 e. The van der Waals surface area contributed by atoms with Crippen LogP contribution in [0.4, 0.5) is 5.69 Å². The third-order valence-electron chi connectivity index (χ3n) is 7.07. The number of hydrogen-bond acceptors (Lipinski definition) is 4. The Morgan fingerprint density at radius 3 is 1.98 bits per heavy atom. The van der Waals surface area contributed by atoms with Crippen molar-refractivity contribution in [1.82, 2.24) is 10.2 Å². The summed E-state index contributed by atoms with van der Waals surface area (Å²) in [6.07, 6.45) is 0.183. The van der Waals surface area contributed by atoms with Crippen LogP contribution in [0.15, 0.2) is 112 Å². The van der Waals surface area contributed by atoms with Crippen molar-refractivity contribution >= 4 is 66.7 Å². The van der Waals surface area contributed by atoms with Crippen molar-refractivity contribution in [3.63, 3.8) is 0 Å². The summed E-state index contributed by atoms with van der Waals surface area (Å²) >= 11 is 16.5. The molecular formula is C34H34BrCl2N3O4S. The highest BCUT2D eigenvalue weighted by Gasteiger charge is 2.35. The lowest BCUT2D eigenvalue weighted by Crippen LogP contribution is -2.53. The summed E-state index contributed by atoms with van der Waals surface area (Å²) in [6, 6.07) is 27.9. The first kappa shape index (κ1) is 34.5. The number of amides is 2. The Hall–Kier alpha value is -3.37. The molecule has 11 heteroatoms. The highest BCUT2D eigenvalue weighted by molar-refractivity contribution is 9.10. The highest BCUT2D eigenvalue weighted by atomic mass is 79.9. The topological polar surface area (TPSA) is 86.8 Å². The summed E-state index contributed by atoms with van der Waals surface area (Å²) < 4.78 is 29.9. The van der Waals surface area contributed by atoms with Crippen LogP contribution in [0.1, 0.15) is 25.0 Å². The van der Waals surface area contributed by atoms with Gasteiger partial charge in [-0.3, -0.25) is 13.9 Å². The normalized spacial score (nSPS) is 12.0. The molecule has 4 aromatic carbocycles. The Bertz CT molecular complexity index is 1690. The van der Waals surface area contributed by atoms with E-state index in [0.29, 0.717) is 22.2 Å². The number of rotatable bonds is 13. The summed E-state index contributed by atoms with van der Waals surface area (Å²) in [5.74, 6) is -0.809. The second kappa shape index (κ2) is 15.8. The monoisotopic (exact) mass is 729 g/mol. The van der Waals surface area contributed by atoms with Gasteiger partial charge in [0.2, 0.25) is 11.8 Å². The first-order valence-electron chi connectivity index (χ1n) is 14.3. The van der Waals surface area contributed by atoms with E-state index in [1.54, 1.807) is 60.7 Å². The van der Waals surface area contributed by atoms with E-state index in [2.05, 4.69) is 21.2 Å². The van der Waals surface area contributed by atoms with Gasteiger partial charge in [-0.05, 0) is 60.0 Å². The van der Waals surface area contributed by atoms with Gasteiger partial charge in [-0.1, -0.05) is 108 Å². The van der Waals surface area contributed by atoms with Gasteiger partial charge in [0.1, 0.15) is 12.6 Å². The second-order valence-corrected chi connectivity index (χ2v) is 14.5. The van der Waals surface area contributed by atoms with Crippen LogP contribution < -0.4 is 9.62 Å². The number of nitrogens with one attached hydrogen (secondary N) is 1. The van der Waals surface area contributed by atoms with E-state index in [4.69, 9.17) is 23.2 Å². The molecule has 0 fully saturated rings. The van der Waals surface area contributed by atoms with Crippen molar-refractivity contribution in [2.24, 2.45) is 5.92 Å². The zero-order valence-electron chi connectivity index (χ0n) is 24.9. The molecule has 45 heavy (non-hydrogen) atoms. The lowest BCUT2D eigenvalue weighted by molar-refractivity contribution is -0.140. The van der Waals surface area contributed by atoms with E-state index in [0.717, 1.165) is 14.3 Å². The maximum absolute atomic E-state index is 14.5. The first-order valence-corrected chi connectivity index (χ1v) is 17.3. The molecule has 0 heterocycles. The summed E-state index contributed by atoms with van der Waals surface area (Å²) in [5, 5.41) is 3.61. The van der Waals surface area contributed by atoms with E-state index in [9.17, 15) is 18.0 Å². The maximum Gasteiger partial charge on any atom is 0.264 e. The molecule has 0 bridgehead atoms. The van der Waals surface area contributed by atoms with Crippen LogP contribution in [0.5, 0.6) is 0 Å². The van der Waals surface area contributed by atoms with Crippen molar-refractivity contribution in [3.05, 3.63) is 129 Å². The van der Waals surface area contributed by atoms with Crippen molar-refractivity contribution in [1.29, 1.82) is 0 Å². The molecule has 0 aliphatic carbocycles. The van der Waals surface area contributed by atoms with Gasteiger partial charge >= 0.3 is 0 Å². The van der Waals surface area contributed by atoms with Crippen molar-refractivity contribution < 1.29 is 18.0 Å². The standard InChI is InChI=1S/C34H34BrCl2N3O4S/c1-24(2)21-38-34(42)32(20-25-10-5-3-6-11-25)39(22-29-30(36)14-9-15-31(29)37)33(41)23-40(27-18-16-26(35)17-19-27)45(43,44)28-12-7-4-8-13-28/h3-19,24,32H,20-23H2,1-2H3,(H,38,42)/t32-/m0/s1. The molecule has 1 N–H and O–H groups in total. The number of carbonyl (C=O) groups excluding carboxylic acids is 2. The third kappa shape index (κ3) is 9.10. The quantitative estimate of drug-likeness (QED) is 0.156. The fraction of sp³-hybridized carbons (Fsp3) is 0.235. The predicted octanol–water partition coefficient (Wildman–Crippen LogP) is 7.36. The Balaban J connectivity index is 1.82. The van der Waals surface area contributed by atoms with E-state index in [-0.39, 0.29) is 35.4 Å². The first-order chi connectivity index (χ1) is 21.5. The van der Waals surface area contributed by atoms with E-state index >= 15 is 0 Å². The molecular weight excluding hydrogens is 697 g/mol. The summed E-state index contributed by atoms with van der Waals surface area (Å²) in [6.45, 7) is 3.65. The maximum atomic E-state index is 14.5. The summed E-state index contributed by atoms with van der Waals surface area (Å²) in [4.78, 5) is 29.8. The van der Waals surface area contributed by atoms with E-state index in [1.165, 1.54) is 17.0 Å². The number of benzene rings is 4. The molecule has 0 saturated carbocycles. The fourth-order valence-electron chi connectivity index (χ4n) is 4.69. The smallest absolute Gasteiger partial charge is 0.264 e. The van der Waals surface area contributed by atoms with E-state index < -0.39 is 28.5 Å². The van der Waals surface area contributed by atoms with Crippen LogP contribution in [-0.2, 0) is 32.6 Å².